The minimum absolute atomic E-state index is 0.122. The van der Waals surface area contributed by atoms with Crippen LogP contribution < -0.4 is 10.6 Å². The van der Waals surface area contributed by atoms with Gasteiger partial charge in [-0.25, -0.2) is 0 Å². The molecule has 2 amide bonds. The van der Waals surface area contributed by atoms with Crippen molar-refractivity contribution in [1.29, 1.82) is 0 Å². The van der Waals surface area contributed by atoms with E-state index in [1.54, 1.807) is 12.4 Å². The predicted molar refractivity (Wildman–Crippen MR) is 105 cm³/mol. The zero-order valence-electron chi connectivity index (χ0n) is 15.7. The molecule has 0 saturated carbocycles. The number of benzene rings is 1. The molecule has 0 bridgehead atoms. The van der Waals surface area contributed by atoms with Crippen molar-refractivity contribution in [2.45, 2.75) is 46.3 Å². The number of carbonyl (C=O) groups excluding carboxylic acids is 2. The molecule has 146 valence electrons. The van der Waals surface area contributed by atoms with Crippen molar-refractivity contribution in [2.24, 2.45) is 5.92 Å². The van der Waals surface area contributed by atoms with E-state index in [-0.39, 0.29) is 35.0 Å². The van der Waals surface area contributed by atoms with E-state index >= 15 is 0 Å². The molecule has 0 saturated heterocycles. The molecule has 9 heteroatoms. The van der Waals surface area contributed by atoms with Crippen LogP contribution in [-0.2, 0) is 11.3 Å². The molecule has 0 aliphatic rings. The maximum absolute atomic E-state index is 12.6. The Morgan fingerprint density at radius 2 is 1.89 bits per heavy atom. The lowest BCUT2D eigenvalue weighted by atomic mass is 10.0. The second-order valence-electron chi connectivity index (χ2n) is 6.79. The lowest BCUT2D eigenvalue weighted by molar-refractivity contribution is -0.124. The predicted octanol–water partition coefficient (Wildman–Crippen LogP) is 3.24. The standard InChI is InChI=1S/C18H23Cl2N5O2/c1-10(2)16(23-17(26)13-6-5-12(19)7-14(13)20)18(27)21-8-15-24-22-9-25(15)11(3)4/h5-7,9-11,16H,8H2,1-4H3,(H,21,27)(H,23,26). The summed E-state index contributed by atoms with van der Waals surface area (Å²) in [6, 6.07) is 4.05. The van der Waals surface area contributed by atoms with Gasteiger partial charge in [0, 0.05) is 11.1 Å². The van der Waals surface area contributed by atoms with Gasteiger partial charge in [-0.3, -0.25) is 9.59 Å². The van der Waals surface area contributed by atoms with E-state index in [0.717, 1.165) is 0 Å². The van der Waals surface area contributed by atoms with Crippen LogP contribution in [0.5, 0.6) is 0 Å². The molecular formula is C18H23Cl2N5O2. The number of hydrogen-bond acceptors (Lipinski definition) is 4. The SMILES string of the molecule is CC(C)C(NC(=O)c1ccc(Cl)cc1Cl)C(=O)NCc1nncn1C(C)C. The highest BCUT2D eigenvalue weighted by molar-refractivity contribution is 6.36. The van der Waals surface area contributed by atoms with Crippen molar-refractivity contribution < 1.29 is 9.59 Å². The molecule has 1 aromatic heterocycles. The lowest BCUT2D eigenvalue weighted by Gasteiger charge is -2.22. The summed E-state index contributed by atoms with van der Waals surface area (Å²) in [5, 5.41) is 14.1. The first-order valence-electron chi connectivity index (χ1n) is 8.62. The van der Waals surface area contributed by atoms with E-state index in [0.29, 0.717) is 10.8 Å². The van der Waals surface area contributed by atoms with E-state index in [9.17, 15) is 9.59 Å². The fourth-order valence-corrected chi connectivity index (χ4v) is 3.02. The van der Waals surface area contributed by atoms with Gasteiger partial charge in [-0.2, -0.15) is 0 Å². The van der Waals surface area contributed by atoms with Crippen LogP contribution in [0, 0.1) is 5.92 Å². The number of hydrogen-bond donors (Lipinski definition) is 2. The molecule has 0 aliphatic heterocycles. The van der Waals surface area contributed by atoms with E-state index in [4.69, 9.17) is 23.2 Å². The molecule has 0 spiro atoms. The summed E-state index contributed by atoms with van der Waals surface area (Å²) < 4.78 is 1.87. The topological polar surface area (TPSA) is 88.9 Å². The van der Waals surface area contributed by atoms with Gasteiger partial charge in [0.05, 0.1) is 17.1 Å². The van der Waals surface area contributed by atoms with Gasteiger partial charge in [0.2, 0.25) is 5.91 Å². The van der Waals surface area contributed by atoms with Crippen molar-refractivity contribution in [3.8, 4) is 0 Å². The Kier molecular flexibility index (Phi) is 7.21. The molecule has 1 aromatic carbocycles. The van der Waals surface area contributed by atoms with Gasteiger partial charge in [0.1, 0.15) is 12.4 Å². The molecule has 1 heterocycles. The van der Waals surface area contributed by atoms with Crippen LogP contribution >= 0.6 is 23.2 Å². The van der Waals surface area contributed by atoms with Crippen LogP contribution in [0.3, 0.4) is 0 Å². The second-order valence-corrected chi connectivity index (χ2v) is 7.63. The zero-order valence-corrected chi connectivity index (χ0v) is 17.2. The molecule has 0 fully saturated rings. The Morgan fingerprint density at radius 1 is 1.19 bits per heavy atom. The van der Waals surface area contributed by atoms with Gasteiger partial charge < -0.3 is 15.2 Å². The molecule has 1 atom stereocenters. The average Bonchev–Trinajstić information content (AvgIpc) is 3.05. The maximum Gasteiger partial charge on any atom is 0.253 e. The van der Waals surface area contributed by atoms with Crippen LogP contribution in [0.4, 0.5) is 0 Å². The molecule has 27 heavy (non-hydrogen) atoms. The molecule has 1 unspecified atom stereocenters. The maximum atomic E-state index is 12.6. The van der Waals surface area contributed by atoms with Crippen LogP contribution in [0.25, 0.3) is 0 Å². The Balaban J connectivity index is 2.06. The third-order valence-corrected chi connectivity index (χ3v) is 4.58. The van der Waals surface area contributed by atoms with E-state index in [2.05, 4.69) is 20.8 Å². The van der Waals surface area contributed by atoms with Crippen LogP contribution in [0.1, 0.15) is 49.9 Å². The van der Waals surface area contributed by atoms with Crippen molar-refractivity contribution in [2.75, 3.05) is 0 Å². The molecule has 2 N–H and O–H groups in total. The fourth-order valence-electron chi connectivity index (χ4n) is 2.53. The van der Waals surface area contributed by atoms with Crippen molar-refractivity contribution in [3.05, 3.63) is 46.0 Å². The molecule has 7 nitrogen and oxygen atoms in total. The van der Waals surface area contributed by atoms with E-state index < -0.39 is 11.9 Å². The average molecular weight is 412 g/mol. The van der Waals surface area contributed by atoms with Crippen molar-refractivity contribution in [3.63, 3.8) is 0 Å². The summed E-state index contributed by atoms with van der Waals surface area (Å²) >= 11 is 11.9. The first-order valence-corrected chi connectivity index (χ1v) is 9.38. The highest BCUT2D eigenvalue weighted by Crippen LogP contribution is 2.21. The van der Waals surface area contributed by atoms with E-state index in [1.807, 2.05) is 32.3 Å². The van der Waals surface area contributed by atoms with Gasteiger partial charge in [0.25, 0.3) is 5.91 Å². The van der Waals surface area contributed by atoms with Crippen LogP contribution in [0.15, 0.2) is 24.5 Å². The minimum Gasteiger partial charge on any atom is -0.347 e. The number of amides is 2. The molecule has 2 rings (SSSR count). The zero-order chi connectivity index (χ0) is 20.1. The lowest BCUT2D eigenvalue weighted by Crippen LogP contribution is -2.49. The normalized spacial score (nSPS) is 12.3. The summed E-state index contributed by atoms with van der Waals surface area (Å²) in [5.41, 5.74) is 0.263. The number of aromatic nitrogens is 3. The first-order chi connectivity index (χ1) is 12.7. The van der Waals surface area contributed by atoms with Gasteiger partial charge in [0.15, 0.2) is 5.82 Å². The van der Waals surface area contributed by atoms with Gasteiger partial charge in [-0.15, -0.1) is 10.2 Å². The van der Waals surface area contributed by atoms with Crippen LogP contribution in [0.2, 0.25) is 10.0 Å². The quantitative estimate of drug-likeness (QED) is 0.731. The second kappa shape index (κ2) is 9.19. The summed E-state index contributed by atoms with van der Waals surface area (Å²) in [5.74, 6) is -0.214. The molecule has 0 aliphatic carbocycles. The summed E-state index contributed by atoms with van der Waals surface area (Å²) in [6.45, 7) is 7.93. The number of rotatable bonds is 7. The number of carbonyl (C=O) groups is 2. The molecule has 0 radical (unpaired) electrons. The first kappa shape index (κ1) is 21.2. The molecular weight excluding hydrogens is 389 g/mol. The monoisotopic (exact) mass is 411 g/mol. The number of halogens is 2. The highest BCUT2D eigenvalue weighted by Gasteiger charge is 2.25. The summed E-state index contributed by atoms with van der Waals surface area (Å²) in [6.07, 6.45) is 1.62. The summed E-state index contributed by atoms with van der Waals surface area (Å²) in [4.78, 5) is 25.2. The Bertz CT molecular complexity index is 820. The van der Waals surface area contributed by atoms with Gasteiger partial charge in [-0.1, -0.05) is 37.0 Å². The smallest absolute Gasteiger partial charge is 0.253 e. The van der Waals surface area contributed by atoms with Gasteiger partial charge >= 0.3 is 0 Å². The summed E-state index contributed by atoms with van der Waals surface area (Å²) in [7, 11) is 0. The fraction of sp³-hybridized carbons (Fsp3) is 0.444. The highest BCUT2D eigenvalue weighted by atomic mass is 35.5. The Morgan fingerprint density at radius 3 is 2.48 bits per heavy atom. The van der Waals surface area contributed by atoms with Crippen molar-refractivity contribution >= 4 is 35.0 Å². The Hall–Kier alpha value is -2.12. The van der Waals surface area contributed by atoms with Crippen LogP contribution in [-0.4, -0.2) is 32.6 Å². The largest absolute Gasteiger partial charge is 0.347 e. The third-order valence-electron chi connectivity index (χ3n) is 4.04. The molecule has 2 aromatic rings. The van der Waals surface area contributed by atoms with Crippen molar-refractivity contribution in [1.82, 2.24) is 25.4 Å². The van der Waals surface area contributed by atoms with Gasteiger partial charge in [-0.05, 0) is 38.0 Å². The third kappa shape index (κ3) is 5.43. The van der Waals surface area contributed by atoms with E-state index in [1.165, 1.54) is 12.1 Å². The number of nitrogens with zero attached hydrogens (tertiary/aromatic N) is 3. The Labute approximate surface area is 168 Å². The number of nitrogens with one attached hydrogen (secondary N) is 2. The minimum atomic E-state index is -0.723.